The number of nitro groups is 1. The first-order valence-corrected chi connectivity index (χ1v) is 12.1. The summed E-state index contributed by atoms with van der Waals surface area (Å²) in [6, 6.07) is 16.7. The molecular formula is C29H25N3O7. The summed E-state index contributed by atoms with van der Waals surface area (Å²) in [5.41, 5.74) is 2.13. The van der Waals surface area contributed by atoms with Crippen LogP contribution in [0.2, 0.25) is 0 Å². The average molecular weight is 528 g/mol. The molecule has 0 aliphatic carbocycles. The SMILES string of the molecule is COc1ccc(C(O)=C2C(=O)C(=O)N(CCc3c[nH]c4ccc(OC)cc34)[C@@H]2c2cccc([N+](=O)[O-])c2)cc1. The highest BCUT2D eigenvalue weighted by molar-refractivity contribution is 6.46. The predicted octanol–water partition coefficient (Wildman–Crippen LogP) is 4.76. The largest absolute Gasteiger partial charge is 0.507 e. The highest BCUT2D eigenvalue weighted by atomic mass is 16.6. The van der Waals surface area contributed by atoms with Gasteiger partial charge in [-0.2, -0.15) is 0 Å². The van der Waals surface area contributed by atoms with Crippen LogP contribution in [0.5, 0.6) is 11.5 Å². The first-order valence-electron chi connectivity index (χ1n) is 12.1. The van der Waals surface area contributed by atoms with Crippen LogP contribution in [0.4, 0.5) is 5.69 Å². The van der Waals surface area contributed by atoms with Gasteiger partial charge >= 0.3 is 0 Å². The van der Waals surface area contributed by atoms with Gasteiger partial charge in [-0.25, -0.2) is 0 Å². The highest BCUT2D eigenvalue weighted by Gasteiger charge is 2.46. The van der Waals surface area contributed by atoms with Gasteiger partial charge in [0.1, 0.15) is 17.3 Å². The average Bonchev–Trinajstić information content (AvgIpc) is 3.48. The summed E-state index contributed by atoms with van der Waals surface area (Å²) in [5, 5.41) is 23.7. The first-order chi connectivity index (χ1) is 18.8. The fraction of sp³-hybridized carbons (Fsp3) is 0.172. The Morgan fingerprint density at radius 1 is 1.03 bits per heavy atom. The molecule has 1 fully saturated rings. The number of hydrogen-bond acceptors (Lipinski definition) is 7. The van der Waals surface area contributed by atoms with Gasteiger partial charge in [0.25, 0.3) is 17.4 Å². The van der Waals surface area contributed by atoms with Crippen molar-refractivity contribution in [3.8, 4) is 11.5 Å². The molecule has 198 valence electrons. The van der Waals surface area contributed by atoms with Gasteiger partial charge in [-0.3, -0.25) is 19.7 Å². The number of Topliss-reactive ketones (excluding diaryl/α,β-unsaturated/α-hetero) is 1. The van der Waals surface area contributed by atoms with E-state index in [2.05, 4.69) is 4.98 Å². The number of hydrogen-bond donors (Lipinski definition) is 2. The van der Waals surface area contributed by atoms with Crippen LogP contribution in [0.25, 0.3) is 16.7 Å². The first kappa shape index (κ1) is 25.5. The molecule has 10 nitrogen and oxygen atoms in total. The summed E-state index contributed by atoms with van der Waals surface area (Å²) in [4.78, 5) is 42.2. The number of aromatic nitrogens is 1. The highest BCUT2D eigenvalue weighted by Crippen LogP contribution is 2.40. The monoisotopic (exact) mass is 527 g/mol. The van der Waals surface area contributed by atoms with Gasteiger partial charge in [0.15, 0.2) is 0 Å². The molecule has 0 bridgehead atoms. The number of nitrogens with one attached hydrogen (secondary N) is 1. The van der Waals surface area contributed by atoms with Crippen LogP contribution >= 0.6 is 0 Å². The number of aliphatic hydroxyl groups is 1. The fourth-order valence-electron chi connectivity index (χ4n) is 4.90. The third-order valence-corrected chi connectivity index (χ3v) is 6.90. The molecule has 0 spiro atoms. The topological polar surface area (TPSA) is 135 Å². The number of H-pyrrole nitrogens is 1. The lowest BCUT2D eigenvalue weighted by atomic mass is 9.95. The number of aliphatic hydroxyl groups excluding tert-OH is 1. The minimum absolute atomic E-state index is 0.126. The van der Waals surface area contributed by atoms with E-state index in [1.54, 1.807) is 37.4 Å². The van der Waals surface area contributed by atoms with E-state index in [9.17, 15) is 24.8 Å². The summed E-state index contributed by atoms with van der Waals surface area (Å²) < 4.78 is 10.5. The Balaban J connectivity index is 1.58. The molecule has 1 aromatic heterocycles. The van der Waals surface area contributed by atoms with Crippen molar-refractivity contribution in [3.63, 3.8) is 0 Å². The molecule has 1 saturated heterocycles. The van der Waals surface area contributed by atoms with E-state index in [1.165, 1.54) is 30.2 Å². The van der Waals surface area contributed by atoms with Gasteiger partial charge in [0, 0.05) is 41.3 Å². The Morgan fingerprint density at radius 2 is 1.74 bits per heavy atom. The summed E-state index contributed by atoms with van der Waals surface area (Å²) in [6.45, 7) is 0.126. The third-order valence-electron chi connectivity index (χ3n) is 6.90. The minimum Gasteiger partial charge on any atom is -0.507 e. The van der Waals surface area contributed by atoms with Crippen molar-refractivity contribution in [1.29, 1.82) is 0 Å². The summed E-state index contributed by atoms with van der Waals surface area (Å²) >= 11 is 0. The Kier molecular flexibility index (Phi) is 6.76. The van der Waals surface area contributed by atoms with Gasteiger partial charge in [-0.15, -0.1) is 0 Å². The van der Waals surface area contributed by atoms with Crippen LogP contribution in [0.3, 0.4) is 0 Å². The Labute approximate surface area is 223 Å². The predicted molar refractivity (Wildman–Crippen MR) is 144 cm³/mol. The maximum absolute atomic E-state index is 13.3. The minimum atomic E-state index is -1.02. The van der Waals surface area contributed by atoms with Gasteiger partial charge < -0.3 is 24.5 Å². The van der Waals surface area contributed by atoms with Crippen LogP contribution in [0.15, 0.2) is 78.5 Å². The number of aromatic amines is 1. The van der Waals surface area contributed by atoms with E-state index in [1.807, 2.05) is 24.4 Å². The van der Waals surface area contributed by atoms with Crippen molar-refractivity contribution in [2.45, 2.75) is 12.5 Å². The second kappa shape index (κ2) is 10.3. The lowest BCUT2D eigenvalue weighted by molar-refractivity contribution is -0.384. The van der Waals surface area contributed by atoms with Crippen LogP contribution in [0, 0.1) is 10.1 Å². The van der Waals surface area contributed by atoms with Crippen LogP contribution < -0.4 is 9.47 Å². The number of non-ortho nitro benzene ring substituents is 1. The number of ketones is 1. The van der Waals surface area contributed by atoms with E-state index in [4.69, 9.17) is 9.47 Å². The van der Waals surface area contributed by atoms with Crippen molar-refractivity contribution >= 4 is 34.0 Å². The molecule has 1 amide bonds. The van der Waals surface area contributed by atoms with Crippen molar-refractivity contribution in [1.82, 2.24) is 9.88 Å². The molecule has 1 aliphatic heterocycles. The maximum Gasteiger partial charge on any atom is 0.295 e. The van der Waals surface area contributed by atoms with Crippen LogP contribution in [-0.2, 0) is 16.0 Å². The lowest BCUT2D eigenvalue weighted by Gasteiger charge is -2.25. The molecule has 1 aliphatic rings. The number of ether oxygens (including phenoxy) is 2. The molecule has 10 heteroatoms. The van der Waals surface area contributed by atoms with Gasteiger partial charge in [-0.1, -0.05) is 12.1 Å². The fourth-order valence-corrected chi connectivity index (χ4v) is 4.90. The number of carbonyl (C=O) groups is 2. The number of nitrogens with zero attached hydrogens (tertiary/aromatic N) is 2. The number of amides is 1. The number of carbonyl (C=O) groups excluding carboxylic acids is 2. The normalized spacial score (nSPS) is 16.6. The summed E-state index contributed by atoms with van der Waals surface area (Å²) in [5.74, 6) is -0.788. The van der Waals surface area contributed by atoms with Crippen LogP contribution in [0.1, 0.15) is 22.7 Å². The van der Waals surface area contributed by atoms with Crippen molar-refractivity contribution < 1.29 is 29.1 Å². The second-order valence-corrected chi connectivity index (χ2v) is 9.05. The molecule has 1 atom stereocenters. The summed E-state index contributed by atoms with van der Waals surface area (Å²) in [7, 11) is 3.08. The molecule has 39 heavy (non-hydrogen) atoms. The van der Waals surface area contributed by atoms with Crippen LogP contribution in [-0.4, -0.2) is 52.4 Å². The van der Waals surface area contributed by atoms with E-state index in [0.29, 0.717) is 29.0 Å². The maximum atomic E-state index is 13.3. The quantitative estimate of drug-likeness (QED) is 0.111. The van der Waals surface area contributed by atoms with Gasteiger partial charge in [0.2, 0.25) is 0 Å². The Morgan fingerprint density at radius 3 is 2.44 bits per heavy atom. The number of rotatable bonds is 8. The van der Waals surface area contributed by atoms with E-state index >= 15 is 0 Å². The van der Waals surface area contributed by atoms with Crippen molar-refractivity contribution in [2.24, 2.45) is 0 Å². The molecule has 2 heterocycles. The molecule has 2 N–H and O–H groups in total. The standard InChI is InChI=1S/C29H25N3O7/c1-38-21-8-6-17(7-9-21)27(33)25-26(18-4-3-5-20(14-18)32(36)37)31(29(35)28(25)34)13-12-19-16-30-24-11-10-22(39-2)15-23(19)24/h3-11,14-16,26,30,33H,12-13H2,1-2H3/t26-/m1/s1. The zero-order valence-electron chi connectivity index (χ0n) is 21.2. The Bertz CT molecular complexity index is 1620. The van der Waals surface area contributed by atoms with E-state index < -0.39 is 22.7 Å². The molecule has 0 saturated carbocycles. The summed E-state index contributed by atoms with van der Waals surface area (Å²) in [6.07, 6.45) is 2.22. The lowest BCUT2D eigenvalue weighted by Crippen LogP contribution is -2.31. The van der Waals surface area contributed by atoms with Gasteiger partial charge in [0.05, 0.1) is 30.8 Å². The number of likely N-dealkylation sites (tertiary alicyclic amines) is 1. The molecule has 3 aromatic carbocycles. The van der Waals surface area contributed by atoms with E-state index in [-0.39, 0.29) is 23.6 Å². The molecule has 0 radical (unpaired) electrons. The number of benzene rings is 3. The van der Waals surface area contributed by atoms with Crippen molar-refractivity contribution in [3.05, 3.63) is 105 Å². The number of nitro benzene ring substituents is 1. The molecule has 5 rings (SSSR count). The molecule has 4 aromatic rings. The van der Waals surface area contributed by atoms with Crippen molar-refractivity contribution in [2.75, 3.05) is 20.8 Å². The Hall–Kier alpha value is -5.12. The zero-order chi connectivity index (χ0) is 27.7. The number of fused-ring (bicyclic) bond motifs is 1. The number of methoxy groups -OCH3 is 2. The second-order valence-electron chi connectivity index (χ2n) is 9.05. The third kappa shape index (κ3) is 4.68. The zero-order valence-corrected chi connectivity index (χ0v) is 21.2. The van der Waals surface area contributed by atoms with E-state index in [0.717, 1.165) is 16.5 Å². The molecular weight excluding hydrogens is 502 g/mol. The van der Waals surface area contributed by atoms with Gasteiger partial charge in [-0.05, 0) is 60.0 Å². The smallest absolute Gasteiger partial charge is 0.295 e. The molecule has 0 unspecified atom stereocenters.